The van der Waals surface area contributed by atoms with Crippen molar-refractivity contribution in [1.29, 1.82) is 0 Å². The van der Waals surface area contributed by atoms with Gasteiger partial charge in [0.05, 0.1) is 28.9 Å². The van der Waals surface area contributed by atoms with Crippen LogP contribution >= 0.6 is 11.6 Å². The van der Waals surface area contributed by atoms with E-state index in [0.29, 0.717) is 28.6 Å². The lowest BCUT2D eigenvalue weighted by molar-refractivity contribution is 0.100. The van der Waals surface area contributed by atoms with Crippen LogP contribution in [0.2, 0.25) is 5.02 Å². The quantitative estimate of drug-likeness (QED) is 0.743. The molecule has 3 aromatic rings. The number of anilines is 1. The first-order chi connectivity index (χ1) is 11.6. The summed E-state index contributed by atoms with van der Waals surface area (Å²) in [5.41, 5.74) is 8.25. The number of fused-ring (bicyclic) bond motifs is 1. The number of hydrogen-bond donors (Lipinski definition) is 2. The highest BCUT2D eigenvalue weighted by Crippen LogP contribution is 2.28. The predicted molar refractivity (Wildman–Crippen MR) is 95.6 cm³/mol. The van der Waals surface area contributed by atoms with Crippen molar-refractivity contribution in [3.05, 3.63) is 64.8 Å². The molecular formula is C18H16ClN3O2. The SMILES string of the molecule is COc1ccc(CNc2c(C(N)=O)cnc3ccccc23)cc1Cl. The van der Waals surface area contributed by atoms with Crippen molar-refractivity contribution in [2.24, 2.45) is 5.73 Å². The Bertz CT molecular complexity index is 912. The molecule has 3 rings (SSSR count). The maximum atomic E-state index is 11.7. The molecule has 0 saturated heterocycles. The van der Waals surface area contributed by atoms with Crippen molar-refractivity contribution in [2.75, 3.05) is 12.4 Å². The fraction of sp³-hybridized carbons (Fsp3) is 0.111. The topological polar surface area (TPSA) is 77.2 Å². The first kappa shape index (κ1) is 16.1. The molecule has 0 atom stereocenters. The number of aromatic nitrogens is 1. The molecule has 0 spiro atoms. The zero-order valence-electron chi connectivity index (χ0n) is 13.0. The van der Waals surface area contributed by atoms with E-state index in [-0.39, 0.29) is 0 Å². The van der Waals surface area contributed by atoms with Crippen LogP contribution in [0.3, 0.4) is 0 Å². The lowest BCUT2D eigenvalue weighted by Crippen LogP contribution is -2.15. The van der Waals surface area contributed by atoms with Gasteiger partial charge in [0.15, 0.2) is 0 Å². The van der Waals surface area contributed by atoms with Gasteiger partial charge in [0.2, 0.25) is 0 Å². The van der Waals surface area contributed by atoms with Crippen molar-refractivity contribution in [2.45, 2.75) is 6.54 Å². The van der Waals surface area contributed by atoms with Crippen molar-refractivity contribution in [3.63, 3.8) is 0 Å². The van der Waals surface area contributed by atoms with Crippen LogP contribution in [0.4, 0.5) is 5.69 Å². The fourth-order valence-corrected chi connectivity index (χ4v) is 2.81. The number of primary amides is 1. The second kappa shape index (κ2) is 6.76. The Kier molecular flexibility index (Phi) is 4.53. The van der Waals surface area contributed by atoms with Gasteiger partial charge in [-0.05, 0) is 23.8 Å². The summed E-state index contributed by atoms with van der Waals surface area (Å²) in [6.45, 7) is 0.484. The molecule has 24 heavy (non-hydrogen) atoms. The molecular weight excluding hydrogens is 326 g/mol. The van der Waals surface area contributed by atoms with Crippen LogP contribution in [0.25, 0.3) is 10.9 Å². The van der Waals surface area contributed by atoms with Crippen molar-refractivity contribution >= 4 is 34.1 Å². The minimum Gasteiger partial charge on any atom is -0.495 e. The third-order valence-corrected chi connectivity index (χ3v) is 4.02. The summed E-state index contributed by atoms with van der Waals surface area (Å²) in [6, 6.07) is 13.1. The van der Waals surface area contributed by atoms with Crippen molar-refractivity contribution in [1.82, 2.24) is 4.98 Å². The van der Waals surface area contributed by atoms with Gasteiger partial charge in [0, 0.05) is 18.1 Å². The molecule has 1 aromatic heterocycles. The molecule has 1 amide bonds. The number of ether oxygens (including phenoxy) is 1. The molecule has 6 heteroatoms. The third-order valence-electron chi connectivity index (χ3n) is 3.73. The smallest absolute Gasteiger partial charge is 0.252 e. The summed E-state index contributed by atoms with van der Waals surface area (Å²) in [7, 11) is 1.57. The molecule has 2 aromatic carbocycles. The molecule has 0 saturated carbocycles. The van der Waals surface area contributed by atoms with Gasteiger partial charge < -0.3 is 15.8 Å². The average Bonchev–Trinajstić information content (AvgIpc) is 2.59. The molecule has 0 unspecified atom stereocenters. The number of pyridine rings is 1. The highest BCUT2D eigenvalue weighted by Gasteiger charge is 2.13. The standard InChI is InChI=1S/C18H16ClN3O2/c1-24-16-7-6-11(8-14(16)19)9-22-17-12-4-2-3-5-15(12)21-10-13(17)18(20)23/h2-8,10H,9H2,1H3,(H2,20,23)(H,21,22). The molecule has 0 radical (unpaired) electrons. The first-order valence-corrected chi connectivity index (χ1v) is 7.72. The van der Waals surface area contributed by atoms with Gasteiger partial charge in [-0.3, -0.25) is 9.78 Å². The van der Waals surface area contributed by atoms with E-state index >= 15 is 0 Å². The molecule has 0 aliphatic carbocycles. The maximum Gasteiger partial charge on any atom is 0.252 e. The largest absolute Gasteiger partial charge is 0.495 e. The van der Waals surface area contributed by atoms with Gasteiger partial charge in [0.25, 0.3) is 5.91 Å². The lowest BCUT2D eigenvalue weighted by atomic mass is 10.1. The van der Waals surface area contributed by atoms with Crippen LogP contribution in [0.15, 0.2) is 48.7 Å². The van der Waals surface area contributed by atoms with Gasteiger partial charge in [-0.2, -0.15) is 0 Å². The van der Waals surface area contributed by atoms with E-state index in [0.717, 1.165) is 16.5 Å². The predicted octanol–water partition coefficient (Wildman–Crippen LogP) is 3.61. The van der Waals surface area contributed by atoms with E-state index in [1.54, 1.807) is 13.2 Å². The third kappa shape index (κ3) is 3.12. The number of hydrogen-bond acceptors (Lipinski definition) is 4. The zero-order valence-corrected chi connectivity index (χ0v) is 13.8. The highest BCUT2D eigenvalue weighted by atomic mass is 35.5. The Hall–Kier alpha value is -2.79. The van der Waals surface area contributed by atoms with Crippen LogP contribution in [-0.4, -0.2) is 18.0 Å². The lowest BCUT2D eigenvalue weighted by Gasteiger charge is -2.13. The van der Waals surface area contributed by atoms with E-state index < -0.39 is 5.91 Å². The van der Waals surface area contributed by atoms with E-state index in [4.69, 9.17) is 22.1 Å². The van der Waals surface area contributed by atoms with Gasteiger partial charge >= 0.3 is 0 Å². The van der Waals surface area contributed by atoms with Gasteiger partial charge in [0.1, 0.15) is 5.75 Å². The molecule has 0 aliphatic heterocycles. The number of methoxy groups -OCH3 is 1. The van der Waals surface area contributed by atoms with E-state index in [1.165, 1.54) is 6.20 Å². The average molecular weight is 342 g/mol. The number of carbonyl (C=O) groups is 1. The molecule has 0 aliphatic rings. The Balaban J connectivity index is 1.95. The van der Waals surface area contributed by atoms with E-state index in [9.17, 15) is 4.79 Å². The summed E-state index contributed by atoms with van der Waals surface area (Å²) in [5, 5.41) is 4.65. The second-order valence-electron chi connectivity index (χ2n) is 5.25. The number of nitrogens with two attached hydrogens (primary N) is 1. The van der Waals surface area contributed by atoms with Crippen LogP contribution in [0, 0.1) is 0 Å². The molecule has 122 valence electrons. The van der Waals surface area contributed by atoms with Crippen molar-refractivity contribution < 1.29 is 9.53 Å². The monoisotopic (exact) mass is 341 g/mol. The second-order valence-corrected chi connectivity index (χ2v) is 5.66. The first-order valence-electron chi connectivity index (χ1n) is 7.34. The zero-order chi connectivity index (χ0) is 17.1. The summed E-state index contributed by atoms with van der Waals surface area (Å²) < 4.78 is 5.15. The Labute approximate surface area is 144 Å². The van der Waals surface area contributed by atoms with Crippen LogP contribution < -0.4 is 15.8 Å². The molecule has 3 N–H and O–H groups in total. The summed E-state index contributed by atoms with van der Waals surface area (Å²) in [5.74, 6) is 0.0936. The Morgan fingerprint density at radius 2 is 2.08 bits per heavy atom. The number of halogens is 1. The summed E-state index contributed by atoms with van der Waals surface area (Å²) in [4.78, 5) is 16.0. The molecule has 5 nitrogen and oxygen atoms in total. The van der Waals surface area contributed by atoms with Crippen LogP contribution in [0.1, 0.15) is 15.9 Å². The van der Waals surface area contributed by atoms with Crippen LogP contribution in [-0.2, 0) is 6.54 Å². The van der Waals surface area contributed by atoms with Gasteiger partial charge in [-0.1, -0.05) is 35.9 Å². The highest BCUT2D eigenvalue weighted by molar-refractivity contribution is 6.32. The summed E-state index contributed by atoms with van der Waals surface area (Å²) >= 11 is 6.15. The number of para-hydroxylation sites is 1. The summed E-state index contributed by atoms with van der Waals surface area (Å²) in [6.07, 6.45) is 1.49. The number of rotatable bonds is 5. The van der Waals surface area contributed by atoms with E-state index in [1.807, 2.05) is 36.4 Å². The minimum absolute atomic E-state index is 0.355. The van der Waals surface area contributed by atoms with Gasteiger partial charge in [-0.15, -0.1) is 0 Å². The normalized spacial score (nSPS) is 10.6. The maximum absolute atomic E-state index is 11.7. The number of nitrogens with zero attached hydrogens (tertiary/aromatic N) is 1. The number of carbonyl (C=O) groups excluding carboxylic acids is 1. The minimum atomic E-state index is -0.525. The number of amides is 1. The van der Waals surface area contributed by atoms with Gasteiger partial charge in [-0.25, -0.2) is 0 Å². The molecule has 0 fully saturated rings. The Morgan fingerprint density at radius 3 is 2.79 bits per heavy atom. The molecule has 1 heterocycles. The molecule has 0 bridgehead atoms. The van der Waals surface area contributed by atoms with Crippen LogP contribution in [0.5, 0.6) is 5.75 Å². The van der Waals surface area contributed by atoms with Crippen molar-refractivity contribution in [3.8, 4) is 5.75 Å². The van der Waals surface area contributed by atoms with E-state index in [2.05, 4.69) is 10.3 Å². The Morgan fingerprint density at radius 1 is 1.29 bits per heavy atom. The number of benzene rings is 2. The number of nitrogens with one attached hydrogen (secondary N) is 1. The fourth-order valence-electron chi connectivity index (χ4n) is 2.53.